The first-order valence-electron chi connectivity index (χ1n) is 8.91. The maximum atomic E-state index is 14.0. The molecule has 0 aromatic carbocycles. The van der Waals surface area contributed by atoms with Gasteiger partial charge in [-0.15, -0.1) is 0 Å². The minimum absolute atomic E-state index is 0.236. The van der Waals surface area contributed by atoms with Crippen LogP contribution in [-0.2, 0) is 29.1 Å². The van der Waals surface area contributed by atoms with Gasteiger partial charge in [0, 0.05) is 31.0 Å². The second-order valence-corrected chi connectivity index (χ2v) is 6.65. The van der Waals surface area contributed by atoms with Crippen LogP contribution in [0.1, 0.15) is 16.8 Å². The van der Waals surface area contributed by atoms with Crippen LogP contribution in [0.3, 0.4) is 0 Å². The van der Waals surface area contributed by atoms with Gasteiger partial charge in [-0.2, -0.15) is 4.98 Å². The molecular formula is C18H21F2N5O2. The molecule has 27 heavy (non-hydrogen) atoms. The van der Waals surface area contributed by atoms with Crippen molar-refractivity contribution in [2.45, 2.75) is 25.6 Å². The number of pyridine rings is 1. The fourth-order valence-corrected chi connectivity index (χ4v) is 3.22. The first kappa shape index (κ1) is 18.0. The van der Waals surface area contributed by atoms with Crippen molar-refractivity contribution in [2.75, 3.05) is 43.1 Å². The predicted molar refractivity (Wildman–Crippen MR) is 94.9 cm³/mol. The third-order valence-corrected chi connectivity index (χ3v) is 4.54. The van der Waals surface area contributed by atoms with Crippen molar-refractivity contribution in [3.8, 4) is 0 Å². The van der Waals surface area contributed by atoms with Gasteiger partial charge in [-0.3, -0.25) is 4.98 Å². The van der Waals surface area contributed by atoms with E-state index in [1.807, 2.05) is 12.1 Å². The summed E-state index contributed by atoms with van der Waals surface area (Å²) in [5.41, 5.74) is 2.68. The third-order valence-electron chi connectivity index (χ3n) is 4.54. The number of anilines is 2. The first-order chi connectivity index (χ1) is 13.1. The van der Waals surface area contributed by atoms with Crippen LogP contribution in [0.25, 0.3) is 0 Å². The van der Waals surface area contributed by atoms with Crippen molar-refractivity contribution in [3.63, 3.8) is 0 Å². The van der Waals surface area contributed by atoms with Crippen LogP contribution < -0.4 is 10.2 Å². The molecule has 4 rings (SSSR count). The van der Waals surface area contributed by atoms with E-state index in [9.17, 15) is 8.78 Å². The summed E-state index contributed by atoms with van der Waals surface area (Å²) in [7, 11) is 0. The van der Waals surface area contributed by atoms with E-state index < -0.39 is 19.1 Å². The monoisotopic (exact) mass is 377 g/mol. The topological polar surface area (TPSA) is 72.4 Å². The molecule has 4 heterocycles. The fraction of sp³-hybridized carbons (Fsp3) is 0.500. The zero-order chi connectivity index (χ0) is 18.7. The Morgan fingerprint density at radius 3 is 2.85 bits per heavy atom. The zero-order valence-corrected chi connectivity index (χ0v) is 14.8. The second-order valence-electron chi connectivity index (χ2n) is 6.65. The molecule has 0 unspecified atom stereocenters. The van der Waals surface area contributed by atoms with E-state index in [0.717, 1.165) is 23.2 Å². The van der Waals surface area contributed by atoms with Crippen molar-refractivity contribution in [1.29, 1.82) is 0 Å². The van der Waals surface area contributed by atoms with Crippen molar-refractivity contribution >= 4 is 11.8 Å². The Kier molecular flexibility index (Phi) is 5.13. The van der Waals surface area contributed by atoms with Crippen molar-refractivity contribution in [2.24, 2.45) is 0 Å². The van der Waals surface area contributed by atoms with Gasteiger partial charge in [-0.1, -0.05) is 0 Å². The third kappa shape index (κ3) is 4.30. The lowest BCUT2D eigenvalue weighted by Gasteiger charge is -2.26. The summed E-state index contributed by atoms with van der Waals surface area (Å²) in [4.78, 5) is 14.6. The van der Waals surface area contributed by atoms with Gasteiger partial charge in [0.05, 0.1) is 32.1 Å². The number of nitrogens with zero attached hydrogens (tertiary/aromatic N) is 4. The Bertz CT molecular complexity index is 791. The number of ether oxygens (including phenoxy) is 2. The first-order valence-corrected chi connectivity index (χ1v) is 8.91. The van der Waals surface area contributed by atoms with E-state index in [1.54, 1.807) is 17.3 Å². The molecule has 1 saturated heterocycles. The minimum Gasteiger partial charge on any atom is -0.373 e. The van der Waals surface area contributed by atoms with Gasteiger partial charge in [0.2, 0.25) is 5.95 Å². The van der Waals surface area contributed by atoms with Crippen LogP contribution in [0.5, 0.6) is 0 Å². The Hall–Kier alpha value is -2.39. The molecule has 144 valence electrons. The van der Waals surface area contributed by atoms with Gasteiger partial charge >= 0.3 is 0 Å². The van der Waals surface area contributed by atoms with Gasteiger partial charge in [0.25, 0.3) is 5.92 Å². The molecule has 0 bridgehead atoms. The van der Waals surface area contributed by atoms with Crippen LogP contribution in [0.4, 0.5) is 20.5 Å². The average Bonchev–Trinajstić information content (AvgIpc) is 3.05. The lowest BCUT2D eigenvalue weighted by molar-refractivity contribution is -0.0564. The van der Waals surface area contributed by atoms with Gasteiger partial charge in [0.15, 0.2) is 0 Å². The van der Waals surface area contributed by atoms with Gasteiger partial charge in [-0.25, -0.2) is 13.8 Å². The minimum atomic E-state index is -2.91. The predicted octanol–water partition coefficient (Wildman–Crippen LogP) is 2.03. The highest BCUT2D eigenvalue weighted by Gasteiger charge is 2.36. The lowest BCUT2D eigenvalue weighted by atomic mass is 10.2. The molecule has 0 radical (unpaired) electrons. The molecule has 1 N–H and O–H groups in total. The Balaban J connectivity index is 1.53. The number of fused-ring (bicyclic) bond motifs is 1. The van der Waals surface area contributed by atoms with E-state index in [4.69, 9.17) is 9.47 Å². The maximum absolute atomic E-state index is 14.0. The highest BCUT2D eigenvalue weighted by atomic mass is 19.3. The van der Waals surface area contributed by atoms with Crippen molar-refractivity contribution in [3.05, 3.63) is 41.3 Å². The molecule has 0 spiro atoms. The smallest absolute Gasteiger partial charge is 0.288 e. The molecule has 7 nitrogen and oxygen atoms in total. The Morgan fingerprint density at radius 2 is 2.00 bits per heavy atom. The number of nitrogens with one attached hydrogen (secondary N) is 1. The molecule has 0 aliphatic carbocycles. The molecule has 0 atom stereocenters. The van der Waals surface area contributed by atoms with Gasteiger partial charge in [0.1, 0.15) is 12.4 Å². The second kappa shape index (κ2) is 7.69. The molecule has 0 amide bonds. The van der Waals surface area contributed by atoms with E-state index in [0.29, 0.717) is 38.1 Å². The van der Waals surface area contributed by atoms with Crippen LogP contribution >= 0.6 is 0 Å². The largest absolute Gasteiger partial charge is 0.373 e. The highest BCUT2D eigenvalue weighted by molar-refractivity contribution is 5.54. The van der Waals surface area contributed by atoms with Crippen LogP contribution in [0.2, 0.25) is 0 Å². The summed E-state index contributed by atoms with van der Waals surface area (Å²) in [6.45, 7) is 0.935. The zero-order valence-electron chi connectivity index (χ0n) is 14.8. The molecule has 2 aliphatic heterocycles. The van der Waals surface area contributed by atoms with Crippen molar-refractivity contribution in [1.82, 2.24) is 15.0 Å². The SMILES string of the molecule is FC1(F)COCCN(c2nc(NCCc3ccncc3)nc3c2COC3)C1. The Labute approximate surface area is 155 Å². The summed E-state index contributed by atoms with van der Waals surface area (Å²) >= 11 is 0. The molecule has 2 aromatic rings. The number of aromatic nitrogens is 3. The van der Waals surface area contributed by atoms with Gasteiger partial charge in [-0.05, 0) is 24.1 Å². The summed E-state index contributed by atoms with van der Waals surface area (Å²) in [5.74, 6) is -1.98. The van der Waals surface area contributed by atoms with E-state index in [2.05, 4.69) is 20.3 Å². The van der Waals surface area contributed by atoms with E-state index in [-0.39, 0.29) is 6.61 Å². The molecular weight excluding hydrogens is 356 g/mol. The number of halogens is 2. The fourth-order valence-electron chi connectivity index (χ4n) is 3.22. The van der Waals surface area contributed by atoms with E-state index >= 15 is 0 Å². The summed E-state index contributed by atoms with van der Waals surface area (Å²) in [5, 5.41) is 3.20. The van der Waals surface area contributed by atoms with Crippen molar-refractivity contribution < 1.29 is 18.3 Å². The molecule has 9 heteroatoms. The summed E-state index contributed by atoms with van der Waals surface area (Å²) < 4.78 is 38.5. The quantitative estimate of drug-likeness (QED) is 0.855. The number of hydrogen-bond acceptors (Lipinski definition) is 7. The van der Waals surface area contributed by atoms with Crippen LogP contribution in [-0.4, -0.2) is 53.7 Å². The molecule has 1 fully saturated rings. The summed E-state index contributed by atoms with van der Waals surface area (Å²) in [6.07, 6.45) is 4.28. The van der Waals surface area contributed by atoms with Crippen LogP contribution in [0.15, 0.2) is 24.5 Å². The summed E-state index contributed by atoms with van der Waals surface area (Å²) in [6, 6.07) is 3.90. The standard InChI is InChI=1S/C18H21F2N5O2/c19-18(20)11-25(7-8-26-12-18)16-14-9-27-10-15(14)23-17(24-16)22-6-3-13-1-4-21-5-2-13/h1-2,4-5H,3,6-12H2,(H,22,23,24). The van der Waals surface area contributed by atoms with Gasteiger partial charge < -0.3 is 19.7 Å². The molecule has 2 aliphatic rings. The molecule has 0 saturated carbocycles. The number of alkyl halides is 2. The number of hydrogen-bond donors (Lipinski definition) is 1. The normalized spacial score (nSPS) is 18.8. The van der Waals surface area contributed by atoms with E-state index in [1.165, 1.54) is 0 Å². The maximum Gasteiger partial charge on any atom is 0.288 e. The Morgan fingerprint density at radius 1 is 1.15 bits per heavy atom. The molecule has 2 aromatic heterocycles. The lowest BCUT2D eigenvalue weighted by Crippen LogP contribution is -2.38. The average molecular weight is 377 g/mol. The van der Waals surface area contributed by atoms with Crippen LogP contribution in [0, 0.1) is 0 Å². The highest BCUT2D eigenvalue weighted by Crippen LogP contribution is 2.31. The number of rotatable bonds is 5.